The van der Waals surface area contributed by atoms with Gasteiger partial charge in [0.1, 0.15) is 17.3 Å². The summed E-state index contributed by atoms with van der Waals surface area (Å²) in [4.78, 5) is 8.76. The van der Waals surface area contributed by atoms with Crippen molar-refractivity contribution in [2.75, 3.05) is 6.61 Å². The highest BCUT2D eigenvalue weighted by Crippen LogP contribution is 2.33. The largest absolute Gasteiger partial charge is 0.474 e. The van der Waals surface area contributed by atoms with Gasteiger partial charge in [-0.3, -0.25) is 10.1 Å². The first-order chi connectivity index (χ1) is 8.27. The summed E-state index contributed by atoms with van der Waals surface area (Å²) >= 11 is 0. The molecular weight excluding hydrogens is 289 g/mol. The van der Waals surface area contributed by atoms with E-state index in [-0.39, 0.29) is 6.61 Å². The van der Waals surface area contributed by atoms with Crippen LogP contribution in [0.25, 0.3) is 0 Å². The molecule has 6 nitrogen and oxygen atoms in total. The Morgan fingerprint density at radius 3 is 2.61 bits per heavy atom. The Morgan fingerprint density at radius 2 is 2.17 bits per heavy atom. The lowest BCUT2D eigenvalue weighted by molar-refractivity contribution is -0.386. The first-order valence-corrected chi connectivity index (χ1v) is 6.57. The number of halogens is 2. The lowest BCUT2D eigenvalue weighted by atomic mass is 10.3. The predicted octanol–water partition coefficient (Wildman–Crippen LogP) is 1.67. The molecule has 0 saturated heterocycles. The van der Waals surface area contributed by atoms with Crippen molar-refractivity contribution in [2.45, 2.75) is 4.90 Å². The van der Waals surface area contributed by atoms with Crippen LogP contribution in [-0.4, -0.2) is 19.9 Å². The molecule has 0 atom stereocenters. The molecule has 18 heavy (non-hydrogen) atoms. The molecule has 0 aliphatic rings. The predicted molar refractivity (Wildman–Crippen MR) is 60.4 cm³/mol. The molecule has 0 aromatic heterocycles. The van der Waals surface area contributed by atoms with Crippen LogP contribution in [0.1, 0.15) is 0 Å². The number of terminal acetylenes is 1. The molecule has 1 rings (SSSR count). The number of hydrogen-bond donors (Lipinski definition) is 0. The smallest absolute Gasteiger partial charge is 0.312 e. The van der Waals surface area contributed by atoms with Crippen LogP contribution in [0.2, 0.25) is 0 Å². The van der Waals surface area contributed by atoms with Crippen LogP contribution in [0.4, 0.5) is 10.1 Å². The van der Waals surface area contributed by atoms with Crippen LogP contribution >= 0.6 is 10.7 Å². The van der Waals surface area contributed by atoms with E-state index in [1.165, 1.54) is 0 Å². The summed E-state index contributed by atoms with van der Waals surface area (Å²) in [6.07, 6.45) is 4.88. The monoisotopic (exact) mass is 293 g/mol. The van der Waals surface area contributed by atoms with Crippen LogP contribution in [0, 0.1) is 28.3 Å². The second-order valence-corrected chi connectivity index (χ2v) is 5.47. The lowest BCUT2D eigenvalue weighted by Gasteiger charge is -2.05. The molecule has 0 aliphatic heterocycles. The maximum Gasteiger partial charge on any atom is 0.312 e. The van der Waals surface area contributed by atoms with Gasteiger partial charge in [-0.25, -0.2) is 12.8 Å². The Hall–Kier alpha value is -1.85. The van der Waals surface area contributed by atoms with Gasteiger partial charge in [0, 0.05) is 22.8 Å². The Kier molecular flexibility index (Phi) is 4.11. The maximum atomic E-state index is 13.4. The zero-order valence-corrected chi connectivity index (χ0v) is 10.2. The zero-order chi connectivity index (χ0) is 13.9. The number of ether oxygens (including phenoxy) is 1. The average Bonchev–Trinajstić information content (AvgIpc) is 2.23. The molecule has 0 amide bonds. The van der Waals surface area contributed by atoms with Crippen LogP contribution in [-0.2, 0) is 9.05 Å². The van der Waals surface area contributed by atoms with Gasteiger partial charge >= 0.3 is 5.69 Å². The maximum absolute atomic E-state index is 13.4. The number of nitro groups is 1. The number of rotatable bonds is 4. The highest BCUT2D eigenvalue weighted by molar-refractivity contribution is 8.13. The van der Waals surface area contributed by atoms with E-state index in [2.05, 4.69) is 0 Å². The summed E-state index contributed by atoms with van der Waals surface area (Å²) in [5, 5.41) is 10.7. The van der Waals surface area contributed by atoms with Crippen molar-refractivity contribution >= 4 is 25.4 Å². The topological polar surface area (TPSA) is 86.5 Å². The summed E-state index contributed by atoms with van der Waals surface area (Å²) in [5.41, 5.74) is -0.745. The van der Waals surface area contributed by atoms with Gasteiger partial charge in [0.25, 0.3) is 9.05 Å². The zero-order valence-electron chi connectivity index (χ0n) is 8.59. The number of benzene rings is 1. The lowest BCUT2D eigenvalue weighted by Crippen LogP contribution is -2.03. The van der Waals surface area contributed by atoms with E-state index in [9.17, 15) is 22.9 Å². The van der Waals surface area contributed by atoms with Gasteiger partial charge in [0.15, 0.2) is 0 Å². The summed E-state index contributed by atoms with van der Waals surface area (Å²) in [7, 11) is 0.504. The molecule has 9 heteroatoms. The van der Waals surface area contributed by atoms with E-state index < -0.39 is 36.1 Å². The Morgan fingerprint density at radius 1 is 1.56 bits per heavy atom. The van der Waals surface area contributed by atoms with Crippen molar-refractivity contribution in [3.8, 4) is 18.1 Å². The molecule has 0 radical (unpaired) electrons. The fraction of sp³-hybridized carbons (Fsp3) is 0.111. The first kappa shape index (κ1) is 14.2. The minimum absolute atomic E-state index is 0.326. The molecule has 0 bridgehead atoms. The third kappa shape index (κ3) is 3.09. The van der Waals surface area contributed by atoms with Gasteiger partial charge in [0.2, 0.25) is 5.75 Å². The highest BCUT2D eigenvalue weighted by Gasteiger charge is 2.25. The second kappa shape index (κ2) is 5.20. The van der Waals surface area contributed by atoms with Crippen LogP contribution in [0.3, 0.4) is 0 Å². The highest BCUT2D eigenvalue weighted by atomic mass is 35.7. The van der Waals surface area contributed by atoms with Gasteiger partial charge in [-0.2, -0.15) is 0 Å². The molecule has 0 fully saturated rings. The standard InChI is InChI=1S/C9H5ClFNO5S/c1-2-3-17-8-4-6(11)9(18(10,15)16)5-7(8)12(13)14/h1,4-5H,3H2. The molecular formula is C9H5ClFNO5S. The number of hydrogen-bond acceptors (Lipinski definition) is 5. The van der Waals surface area contributed by atoms with Crippen molar-refractivity contribution in [2.24, 2.45) is 0 Å². The molecule has 0 heterocycles. The van der Waals surface area contributed by atoms with Gasteiger partial charge in [-0.15, -0.1) is 6.42 Å². The van der Waals surface area contributed by atoms with Crippen molar-refractivity contribution < 1.29 is 22.5 Å². The Balaban J connectivity index is 3.45. The quantitative estimate of drug-likeness (QED) is 0.365. The Bertz CT molecular complexity index is 637. The van der Waals surface area contributed by atoms with Gasteiger partial charge in [-0.05, 0) is 0 Å². The Labute approximate surface area is 106 Å². The average molecular weight is 294 g/mol. The van der Waals surface area contributed by atoms with Gasteiger partial charge in [-0.1, -0.05) is 5.92 Å². The van der Waals surface area contributed by atoms with Crippen molar-refractivity contribution in [3.05, 3.63) is 28.1 Å². The van der Waals surface area contributed by atoms with Crippen molar-refractivity contribution in [3.63, 3.8) is 0 Å². The van der Waals surface area contributed by atoms with E-state index >= 15 is 0 Å². The van der Waals surface area contributed by atoms with E-state index in [1.807, 2.05) is 5.92 Å². The van der Waals surface area contributed by atoms with E-state index in [0.29, 0.717) is 12.1 Å². The van der Waals surface area contributed by atoms with Crippen LogP contribution < -0.4 is 4.74 Å². The van der Waals surface area contributed by atoms with Gasteiger partial charge in [0.05, 0.1) is 4.92 Å². The third-order valence-corrected chi connectivity index (χ3v) is 3.12. The molecule has 1 aromatic carbocycles. The number of nitrogens with zero attached hydrogens (tertiary/aromatic N) is 1. The molecule has 0 unspecified atom stereocenters. The van der Waals surface area contributed by atoms with Gasteiger partial charge < -0.3 is 4.74 Å². The third-order valence-electron chi connectivity index (χ3n) is 1.78. The summed E-state index contributed by atoms with van der Waals surface area (Å²) in [6.45, 7) is -0.326. The van der Waals surface area contributed by atoms with Crippen molar-refractivity contribution in [1.82, 2.24) is 0 Å². The van der Waals surface area contributed by atoms with E-state index in [1.54, 1.807) is 0 Å². The molecule has 0 spiro atoms. The number of nitro benzene ring substituents is 1. The molecule has 0 aliphatic carbocycles. The minimum atomic E-state index is -4.43. The van der Waals surface area contributed by atoms with E-state index in [4.69, 9.17) is 21.8 Å². The first-order valence-electron chi connectivity index (χ1n) is 4.26. The molecule has 1 aromatic rings. The van der Waals surface area contributed by atoms with Crippen LogP contribution in [0.15, 0.2) is 17.0 Å². The molecule has 0 N–H and O–H groups in total. The molecule has 0 saturated carbocycles. The van der Waals surface area contributed by atoms with E-state index in [0.717, 1.165) is 0 Å². The second-order valence-electron chi connectivity index (χ2n) is 2.94. The summed E-state index contributed by atoms with van der Waals surface area (Å²) in [5.74, 6) is 0.301. The fourth-order valence-corrected chi connectivity index (χ4v) is 1.99. The SMILES string of the molecule is C#CCOc1cc(F)c(S(=O)(=O)Cl)cc1[N+](=O)[O-]. The summed E-state index contributed by atoms with van der Waals surface area (Å²) in [6, 6.07) is 1.02. The summed E-state index contributed by atoms with van der Waals surface area (Å²) < 4.78 is 40.1. The van der Waals surface area contributed by atoms with Crippen molar-refractivity contribution in [1.29, 1.82) is 0 Å². The fourth-order valence-electron chi connectivity index (χ4n) is 1.09. The molecule has 96 valence electrons. The van der Waals surface area contributed by atoms with Crippen LogP contribution in [0.5, 0.6) is 5.75 Å². The minimum Gasteiger partial charge on any atom is -0.474 e. The normalized spacial score (nSPS) is 10.7.